The molecule has 0 saturated carbocycles. The lowest BCUT2D eigenvalue weighted by Crippen LogP contribution is -2.30. The lowest BCUT2D eigenvalue weighted by Gasteiger charge is -2.21. The number of carbonyl (C=O) groups excluding carboxylic acids is 4. The molecule has 0 aromatic carbocycles. The second-order valence-electron chi connectivity index (χ2n) is 28.1. The van der Waals surface area contributed by atoms with E-state index in [-0.39, 0.29) is 25.7 Å². The second kappa shape index (κ2) is 63.5. The predicted octanol–water partition coefficient (Wildman–Crippen LogP) is 21.3. The maximum absolute atomic E-state index is 13.0. The molecule has 17 nitrogen and oxygen atoms in total. The highest BCUT2D eigenvalue weighted by molar-refractivity contribution is 7.47. The highest BCUT2D eigenvalue weighted by Crippen LogP contribution is 2.45. The van der Waals surface area contributed by atoms with Crippen molar-refractivity contribution in [2.24, 2.45) is 23.7 Å². The van der Waals surface area contributed by atoms with Crippen LogP contribution in [0, 0.1) is 23.7 Å². The molecule has 0 aromatic heterocycles. The van der Waals surface area contributed by atoms with Crippen molar-refractivity contribution in [1.29, 1.82) is 0 Å². The van der Waals surface area contributed by atoms with Crippen LogP contribution < -0.4 is 0 Å². The molecule has 0 spiro atoms. The van der Waals surface area contributed by atoms with Gasteiger partial charge >= 0.3 is 39.5 Å². The van der Waals surface area contributed by atoms with Gasteiger partial charge in [-0.15, -0.1) is 0 Å². The summed E-state index contributed by atoms with van der Waals surface area (Å²) in [5, 5.41) is 10.6. The summed E-state index contributed by atoms with van der Waals surface area (Å²) in [5.74, 6) is 0.886. The lowest BCUT2D eigenvalue weighted by atomic mass is 9.99. The molecule has 0 rings (SSSR count). The molecule has 19 heteroatoms. The SMILES string of the molecule is CCC(C)CCCCCCCCCCCCCCCCCCCCC(=O)OC[C@H](COP(=O)(O)OCC(O)COP(=O)(O)OC[C@@H](COC(=O)CCCCCCCCCC(C)C)OC(=O)CCCCCCCCC(C)C)OC(=O)CCCCCCCCCCC(C)CC. The summed E-state index contributed by atoms with van der Waals surface area (Å²) in [6.07, 6.45) is 47.6. The van der Waals surface area contributed by atoms with Gasteiger partial charge in [-0.1, -0.05) is 319 Å². The van der Waals surface area contributed by atoms with E-state index >= 15 is 0 Å². The van der Waals surface area contributed by atoms with Gasteiger partial charge in [0.2, 0.25) is 0 Å². The Hall–Kier alpha value is -1.94. The Morgan fingerprint density at radius 1 is 0.301 bits per heavy atom. The van der Waals surface area contributed by atoms with Gasteiger partial charge in [0, 0.05) is 25.7 Å². The highest BCUT2D eigenvalue weighted by Gasteiger charge is 2.30. The molecule has 7 atom stereocenters. The average Bonchev–Trinajstić information content (AvgIpc) is 2.30. The fraction of sp³-hybridized carbons (Fsp3) is 0.946. The molecular weight excluding hydrogens is 1220 g/mol. The van der Waals surface area contributed by atoms with Crippen LogP contribution in [-0.2, 0) is 65.4 Å². The van der Waals surface area contributed by atoms with E-state index in [0.29, 0.717) is 37.5 Å². The molecule has 0 radical (unpaired) electrons. The first kappa shape index (κ1) is 91.1. The van der Waals surface area contributed by atoms with Crippen LogP contribution in [0.3, 0.4) is 0 Å². The number of hydrogen-bond donors (Lipinski definition) is 3. The third-order valence-electron chi connectivity index (χ3n) is 17.8. The summed E-state index contributed by atoms with van der Waals surface area (Å²) >= 11 is 0. The average molecular weight is 1370 g/mol. The number of ether oxygens (including phenoxy) is 4. The quantitative estimate of drug-likeness (QED) is 0.0222. The topological polar surface area (TPSA) is 237 Å². The van der Waals surface area contributed by atoms with Crippen molar-refractivity contribution in [2.45, 2.75) is 388 Å². The number of esters is 4. The van der Waals surface area contributed by atoms with Gasteiger partial charge in [-0.3, -0.25) is 37.3 Å². The predicted molar refractivity (Wildman–Crippen MR) is 377 cm³/mol. The van der Waals surface area contributed by atoms with Crippen molar-refractivity contribution in [3.8, 4) is 0 Å². The van der Waals surface area contributed by atoms with Crippen LogP contribution in [0.15, 0.2) is 0 Å². The fourth-order valence-corrected chi connectivity index (χ4v) is 12.7. The maximum Gasteiger partial charge on any atom is 0.472 e. The summed E-state index contributed by atoms with van der Waals surface area (Å²) in [5.41, 5.74) is 0. The van der Waals surface area contributed by atoms with Gasteiger partial charge in [0.25, 0.3) is 0 Å². The van der Waals surface area contributed by atoms with E-state index in [1.807, 2.05) is 0 Å². The van der Waals surface area contributed by atoms with Gasteiger partial charge in [0.15, 0.2) is 12.2 Å². The minimum absolute atomic E-state index is 0.101. The van der Waals surface area contributed by atoms with E-state index in [1.165, 1.54) is 167 Å². The molecule has 3 N–H and O–H groups in total. The molecule has 0 fully saturated rings. The molecule has 5 unspecified atom stereocenters. The Labute approximate surface area is 568 Å². The largest absolute Gasteiger partial charge is 0.472 e. The van der Waals surface area contributed by atoms with E-state index in [2.05, 4.69) is 55.4 Å². The fourth-order valence-electron chi connectivity index (χ4n) is 11.1. The van der Waals surface area contributed by atoms with Crippen LogP contribution in [0.2, 0.25) is 0 Å². The first-order chi connectivity index (χ1) is 44.7. The zero-order valence-electron chi connectivity index (χ0n) is 60.9. The molecule has 0 aliphatic heterocycles. The molecular formula is C74H144O17P2. The van der Waals surface area contributed by atoms with Gasteiger partial charge in [0.1, 0.15) is 19.3 Å². The minimum Gasteiger partial charge on any atom is -0.462 e. The Morgan fingerprint density at radius 2 is 0.516 bits per heavy atom. The Morgan fingerprint density at radius 3 is 0.763 bits per heavy atom. The Balaban J connectivity index is 5.13. The third-order valence-corrected chi connectivity index (χ3v) is 19.7. The molecule has 93 heavy (non-hydrogen) atoms. The van der Waals surface area contributed by atoms with Crippen molar-refractivity contribution >= 4 is 39.5 Å². The van der Waals surface area contributed by atoms with Crippen molar-refractivity contribution in [1.82, 2.24) is 0 Å². The number of aliphatic hydroxyl groups is 1. The summed E-state index contributed by atoms with van der Waals surface area (Å²) in [6.45, 7) is 14.1. The van der Waals surface area contributed by atoms with E-state index < -0.39 is 97.5 Å². The zero-order chi connectivity index (χ0) is 68.9. The van der Waals surface area contributed by atoms with Crippen LogP contribution >= 0.6 is 15.6 Å². The molecule has 0 aliphatic rings. The van der Waals surface area contributed by atoms with E-state index in [9.17, 15) is 43.2 Å². The zero-order valence-corrected chi connectivity index (χ0v) is 62.7. The van der Waals surface area contributed by atoms with Gasteiger partial charge in [0.05, 0.1) is 26.4 Å². The number of carbonyl (C=O) groups is 4. The number of hydrogen-bond acceptors (Lipinski definition) is 15. The van der Waals surface area contributed by atoms with Gasteiger partial charge < -0.3 is 33.8 Å². The molecule has 0 bridgehead atoms. The van der Waals surface area contributed by atoms with Crippen molar-refractivity contribution in [3.05, 3.63) is 0 Å². The lowest BCUT2D eigenvalue weighted by molar-refractivity contribution is -0.161. The first-order valence-corrected chi connectivity index (χ1v) is 41.3. The van der Waals surface area contributed by atoms with Crippen molar-refractivity contribution < 1.29 is 80.2 Å². The number of aliphatic hydroxyl groups excluding tert-OH is 1. The molecule has 0 aromatic rings. The molecule has 0 amide bonds. The van der Waals surface area contributed by atoms with Crippen molar-refractivity contribution in [3.63, 3.8) is 0 Å². The van der Waals surface area contributed by atoms with E-state index in [0.717, 1.165) is 108 Å². The van der Waals surface area contributed by atoms with Gasteiger partial charge in [-0.2, -0.15) is 0 Å². The summed E-state index contributed by atoms with van der Waals surface area (Å²) in [4.78, 5) is 72.6. The molecule has 552 valence electrons. The first-order valence-electron chi connectivity index (χ1n) is 38.3. The summed E-state index contributed by atoms with van der Waals surface area (Å²) < 4.78 is 68.3. The number of rotatable bonds is 71. The van der Waals surface area contributed by atoms with Gasteiger partial charge in [-0.25, -0.2) is 9.13 Å². The van der Waals surface area contributed by atoms with Crippen LogP contribution in [0.4, 0.5) is 0 Å². The maximum atomic E-state index is 13.0. The van der Waals surface area contributed by atoms with Crippen LogP contribution in [0.5, 0.6) is 0 Å². The van der Waals surface area contributed by atoms with Gasteiger partial charge in [-0.05, 0) is 49.4 Å². The van der Waals surface area contributed by atoms with Crippen LogP contribution in [0.1, 0.15) is 370 Å². The number of unbranched alkanes of at least 4 members (excludes halogenated alkanes) is 35. The minimum atomic E-state index is -4.96. The molecule has 0 saturated heterocycles. The Bertz CT molecular complexity index is 1840. The molecule has 0 heterocycles. The number of phosphoric ester groups is 2. The van der Waals surface area contributed by atoms with Crippen molar-refractivity contribution in [2.75, 3.05) is 39.6 Å². The Kier molecular flexibility index (Phi) is 62.2. The van der Waals surface area contributed by atoms with Crippen LogP contribution in [0.25, 0.3) is 0 Å². The second-order valence-corrected chi connectivity index (χ2v) is 31.0. The van der Waals surface area contributed by atoms with E-state index in [1.54, 1.807) is 0 Å². The third kappa shape index (κ3) is 65.8. The summed E-state index contributed by atoms with van der Waals surface area (Å²) in [7, 11) is -9.90. The normalized spacial score (nSPS) is 14.8. The smallest absolute Gasteiger partial charge is 0.462 e. The number of phosphoric acid groups is 2. The standard InChI is InChI=1S/C74H144O17P2/c1-9-66(7)52-44-36-27-21-19-17-15-13-11-12-14-16-18-20-22-29-38-46-54-71(76)84-60-69(90-73(78)56-48-40-30-24-23-28-37-45-53-67(8)10-2)62-88-92(80,81)86-58-68(75)59-87-93(82,83)89-63-70(91-74(79)57-49-41-33-32-35-43-51-65(5)6)61-85-72(77)55-47-39-31-25-26-34-42-50-64(3)4/h64-70,75H,9-63H2,1-8H3,(H,80,81)(H,82,83)/t66?,67?,68?,69-,70-/m1/s1. The monoisotopic (exact) mass is 1370 g/mol. The highest BCUT2D eigenvalue weighted by atomic mass is 31.2. The molecule has 0 aliphatic carbocycles. The van der Waals surface area contributed by atoms with Crippen LogP contribution in [-0.4, -0.2) is 96.7 Å². The summed E-state index contributed by atoms with van der Waals surface area (Å²) in [6, 6.07) is 0. The van der Waals surface area contributed by atoms with E-state index in [4.69, 9.17) is 37.0 Å².